The number of amides is 1. The van der Waals surface area contributed by atoms with Crippen LogP contribution in [0.1, 0.15) is 86.5 Å². The summed E-state index contributed by atoms with van der Waals surface area (Å²) in [6, 6.07) is 7.61. The minimum absolute atomic E-state index is 0.00490. The number of anilines is 1. The van der Waals surface area contributed by atoms with Gasteiger partial charge in [-0.1, -0.05) is 48.5 Å². The first-order valence-corrected chi connectivity index (χ1v) is 20.1. The van der Waals surface area contributed by atoms with E-state index in [9.17, 15) is 29.1 Å². The van der Waals surface area contributed by atoms with E-state index in [-0.39, 0.29) is 42.8 Å². The second-order valence-electron chi connectivity index (χ2n) is 16.8. The molecule has 2 aromatic rings. The van der Waals surface area contributed by atoms with Crippen LogP contribution < -0.4 is 5.32 Å². The molecular weight excluding hydrogens is 725 g/mol. The molecule has 1 aromatic carbocycles. The Morgan fingerprint density at radius 1 is 1.09 bits per heavy atom. The number of benzene rings is 1. The van der Waals surface area contributed by atoms with Crippen molar-refractivity contribution in [1.29, 1.82) is 0 Å². The molecular formula is C42H48N2O10S. The van der Waals surface area contributed by atoms with Crippen LogP contribution in [0.4, 0.5) is 5.13 Å². The first-order chi connectivity index (χ1) is 26.0. The molecule has 6 aliphatic rings. The maximum absolute atomic E-state index is 14.1. The number of aromatic nitrogens is 1. The number of rotatable bonds is 9. The molecule has 2 saturated carbocycles. The quantitative estimate of drug-likeness (QED) is 0.134. The fourth-order valence-corrected chi connectivity index (χ4v) is 11.8. The van der Waals surface area contributed by atoms with E-state index in [0.717, 1.165) is 21.4 Å². The molecule has 292 valence electrons. The van der Waals surface area contributed by atoms with Gasteiger partial charge in [0.15, 0.2) is 17.0 Å². The van der Waals surface area contributed by atoms with Gasteiger partial charge in [0.2, 0.25) is 5.91 Å². The number of fused-ring (bicyclic) bond motifs is 5. The number of epoxide rings is 1. The van der Waals surface area contributed by atoms with Crippen molar-refractivity contribution in [2.45, 2.75) is 122 Å². The number of para-hydroxylation sites is 1. The first kappa shape index (κ1) is 37.7. The standard InChI is InChI=1S/C42H48N2O10S/c1-21-18-29(52-37(49)22(21)2)23(3)26-19-33(51-24(4)45)41(50)27-20-34-42(54-34)32(15-14-31(46)40(42,6)25(27)16-17-39(26,41)5)53-36(48)13-9-12-35(47)44-38-43-28-10-7-8-11-30(28)55-38/h7-8,10-11,14-15,19,23,25,27,29,32-34,50H,9,12-13,16-18,20H2,1-6H3,(H,43,44,47)/t23-,25-,27+,29+,32-,33-,34+,39+,40-,41+,42+/m0/s1. The Bertz CT molecular complexity index is 2070. The number of cyclic esters (lactones) is 1. The van der Waals surface area contributed by atoms with Crippen LogP contribution in [-0.4, -0.2) is 75.3 Å². The van der Waals surface area contributed by atoms with Crippen molar-refractivity contribution >= 4 is 56.3 Å². The molecule has 4 aliphatic carbocycles. The lowest BCUT2D eigenvalue weighted by Crippen LogP contribution is -2.70. The molecule has 0 radical (unpaired) electrons. The van der Waals surface area contributed by atoms with Crippen LogP contribution in [0.2, 0.25) is 0 Å². The van der Waals surface area contributed by atoms with Gasteiger partial charge in [-0.2, -0.15) is 0 Å². The Labute approximate surface area is 323 Å². The summed E-state index contributed by atoms with van der Waals surface area (Å²) in [7, 11) is 0. The summed E-state index contributed by atoms with van der Waals surface area (Å²) >= 11 is 1.38. The topological polar surface area (TPSA) is 171 Å². The van der Waals surface area contributed by atoms with Crippen LogP contribution in [-0.2, 0) is 42.9 Å². The molecule has 13 heteroatoms. The number of carbonyl (C=O) groups is 5. The van der Waals surface area contributed by atoms with E-state index >= 15 is 0 Å². The van der Waals surface area contributed by atoms with Gasteiger partial charge >= 0.3 is 17.9 Å². The van der Waals surface area contributed by atoms with Gasteiger partial charge in [0.05, 0.1) is 21.7 Å². The van der Waals surface area contributed by atoms with Crippen LogP contribution in [0.25, 0.3) is 10.2 Å². The predicted molar refractivity (Wildman–Crippen MR) is 201 cm³/mol. The van der Waals surface area contributed by atoms with Crippen LogP contribution in [0.3, 0.4) is 0 Å². The van der Waals surface area contributed by atoms with Crippen molar-refractivity contribution in [1.82, 2.24) is 4.98 Å². The molecule has 0 unspecified atom stereocenters. The zero-order chi connectivity index (χ0) is 39.2. The highest BCUT2D eigenvalue weighted by Gasteiger charge is 2.83. The van der Waals surface area contributed by atoms with Crippen molar-refractivity contribution in [3.8, 4) is 0 Å². The zero-order valence-corrected chi connectivity index (χ0v) is 32.8. The molecule has 3 fully saturated rings. The Morgan fingerprint density at radius 2 is 1.85 bits per heavy atom. The fourth-order valence-electron chi connectivity index (χ4n) is 10.9. The number of carbonyl (C=O) groups excluding carboxylic acids is 5. The van der Waals surface area contributed by atoms with E-state index in [4.69, 9.17) is 18.9 Å². The number of aliphatic hydroxyl groups is 1. The summed E-state index contributed by atoms with van der Waals surface area (Å²) in [5.41, 5.74) is -1.48. The highest BCUT2D eigenvalue weighted by molar-refractivity contribution is 7.22. The van der Waals surface area contributed by atoms with Crippen molar-refractivity contribution < 1.29 is 48.0 Å². The number of hydrogen-bond acceptors (Lipinski definition) is 12. The van der Waals surface area contributed by atoms with E-state index < -0.39 is 70.2 Å². The normalized spacial score (nSPS) is 37.8. The van der Waals surface area contributed by atoms with Crippen molar-refractivity contribution in [2.24, 2.45) is 28.6 Å². The molecule has 1 amide bonds. The monoisotopic (exact) mass is 772 g/mol. The van der Waals surface area contributed by atoms with Crippen LogP contribution in [0, 0.1) is 28.6 Å². The minimum atomic E-state index is -1.59. The molecule has 0 bridgehead atoms. The van der Waals surface area contributed by atoms with Gasteiger partial charge in [0, 0.05) is 43.1 Å². The van der Waals surface area contributed by atoms with Crippen LogP contribution in [0.15, 0.2) is 59.2 Å². The molecule has 55 heavy (non-hydrogen) atoms. The summed E-state index contributed by atoms with van der Waals surface area (Å²) in [5, 5.41) is 16.5. The SMILES string of the molecule is CC(=O)O[C@H]1C=C([C@H](C)[C@H]2CC(C)=C(C)C(=O)O2)[C@@]2(C)CC[C@H]3[C@@H](C[C@H]4O[C@]45[C@@H](OC(=O)CCCC(=O)Nc4nc6ccccc6s4)C=CC(=O)[C@]35C)[C@@]12O. The second-order valence-corrected chi connectivity index (χ2v) is 17.8. The largest absolute Gasteiger partial charge is 0.458 e. The van der Waals surface area contributed by atoms with Crippen molar-refractivity contribution in [3.05, 3.63) is 59.2 Å². The summed E-state index contributed by atoms with van der Waals surface area (Å²) in [6.45, 7) is 10.9. The van der Waals surface area contributed by atoms with Gasteiger partial charge < -0.3 is 29.4 Å². The highest BCUT2D eigenvalue weighted by atomic mass is 32.1. The van der Waals surface area contributed by atoms with Crippen molar-refractivity contribution in [3.63, 3.8) is 0 Å². The van der Waals surface area contributed by atoms with E-state index in [2.05, 4.69) is 10.3 Å². The third-order valence-electron chi connectivity index (χ3n) is 14.1. The third kappa shape index (κ3) is 5.58. The number of thiazole rings is 1. The summed E-state index contributed by atoms with van der Waals surface area (Å²) in [6.07, 6.45) is 4.44. The predicted octanol–water partition coefficient (Wildman–Crippen LogP) is 5.93. The number of nitrogens with zero attached hydrogens (tertiary/aromatic N) is 1. The average Bonchev–Trinajstić information content (AvgIpc) is 3.66. The maximum Gasteiger partial charge on any atom is 0.333 e. The maximum atomic E-state index is 14.1. The molecule has 1 saturated heterocycles. The number of nitrogens with one attached hydrogen (secondary N) is 1. The number of allylic oxidation sites excluding steroid dienone is 1. The van der Waals surface area contributed by atoms with Crippen LogP contribution >= 0.6 is 11.3 Å². The molecule has 2 aliphatic heterocycles. The Kier molecular flexibility index (Phi) is 9.05. The zero-order valence-electron chi connectivity index (χ0n) is 32.0. The summed E-state index contributed by atoms with van der Waals surface area (Å²) < 4.78 is 25.3. The van der Waals surface area contributed by atoms with E-state index in [1.54, 1.807) is 13.0 Å². The lowest BCUT2D eigenvalue weighted by atomic mass is 9.42. The van der Waals surface area contributed by atoms with Crippen molar-refractivity contribution in [2.75, 3.05) is 5.32 Å². The minimum Gasteiger partial charge on any atom is -0.458 e. The Morgan fingerprint density at radius 3 is 2.58 bits per heavy atom. The van der Waals surface area contributed by atoms with E-state index in [0.29, 0.717) is 36.4 Å². The second kappa shape index (κ2) is 13.2. The summed E-state index contributed by atoms with van der Waals surface area (Å²) in [4.78, 5) is 69.8. The first-order valence-electron chi connectivity index (χ1n) is 19.3. The number of ether oxygens (including phenoxy) is 4. The fraction of sp³-hybridized carbons (Fsp3) is 0.571. The molecule has 8 rings (SSSR count). The number of ketones is 1. The lowest BCUT2D eigenvalue weighted by molar-refractivity contribution is -0.225. The molecule has 11 atom stereocenters. The van der Waals surface area contributed by atoms with Gasteiger partial charge in [0.1, 0.15) is 23.4 Å². The van der Waals surface area contributed by atoms with Gasteiger partial charge in [-0.05, 0) is 88.7 Å². The van der Waals surface area contributed by atoms with Gasteiger partial charge in [-0.25, -0.2) is 9.78 Å². The van der Waals surface area contributed by atoms with Crippen LogP contribution in [0.5, 0.6) is 0 Å². The molecule has 1 spiro atoms. The van der Waals surface area contributed by atoms with Gasteiger partial charge in [0.25, 0.3) is 0 Å². The Balaban J connectivity index is 0.988. The molecule has 12 nitrogen and oxygen atoms in total. The Hall–Kier alpha value is -4.20. The van der Waals surface area contributed by atoms with E-state index in [1.807, 2.05) is 58.0 Å². The third-order valence-corrected chi connectivity index (χ3v) is 15.0. The molecule has 3 heterocycles. The van der Waals surface area contributed by atoms with E-state index in [1.165, 1.54) is 24.3 Å². The average molecular weight is 773 g/mol. The van der Waals surface area contributed by atoms with Gasteiger partial charge in [-0.15, -0.1) is 0 Å². The number of hydrogen-bond donors (Lipinski definition) is 2. The van der Waals surface area contributed by atoms with Gasteiger partial charge in [-0.3, -0.25) is 19.2 Å². The summed E-state index contributed by atoms with van der Waals surface area (Å²) in [5.74, 6) is -2.99. The molecule has 2 N–H and O–H groups in total. The highest BCUT2D eigenvalue weighted by Crippen LogP contribution is 2.74. The smallest absolute Gasteiger partial charge is 0.333 e. The number of esters is 3. The lowest BCUT2D eigenvalue weighted by Gasteiger charge is -2.61. The molecule has 1 aromatic heterocycles.